The third kappa shape index (κ3) is 1.99. The van der Waals surface area contributed by atoms with Crippen LogP contribution < -0.4 is 10.2 Å². The third-order valence-corrected chi connectivity index (χ3v) is 4.13. The number of hydrogen-bond acceptors (Lipinski definition) is 4. The lowest BCUT2D eigenvalue weighted by Crippen LogP contribution is -2.42. The fourth-order valence-electron chi connectivity index (χ4n) is 3.06. The first kappa shape index (κ1) is 12.8. The Morgan fingerprint density at radius 2 is 2.25 bits per heavy atom. The van der Waals surface area contributed by atoms with Crippen molar-refractivity contribution in [2.45, 2.75) is 31.7 Å². The van der Waals surface area contributed by atoms with Crippen LogP contribution in [0.1, 0.15) is 24.8 Å². The van der Waals surface area contributed by atoms with Crippen LogP contribution in [0.2, 0.25) is 0 Å². The molecule has 106 valence electrons. The molecule has 3 N–H and O–H groups in total. The summed E-state index contributed by atoms with van der Waals surface area (Å²) >= 11 is 0. The van der Waals surface area contributed by atoms with Gasteiger partial charge in [-0.15, -0.1) is 0 Å². The van der Waals surface area contributed by atoms with Crippen LogP contribution >= 0.6 is 0 Å². The molecule has 2 aliphatic heterocycles. The summed E-state index contributed by atoms with van der Waals surface area (Å²) in [6, 6.07) is 4.91. The minimum absolute atomic E-state index is 0.305. The van der Waals surface area contributed by atoms with Gasteiger partial charge in [0.1, 0.15) is 17.6 Å². The van der Waals surface area contributed by atoms with E-state index < -0.39 is 12.0 Å². The van der Waals surface area contributed by atoms with E-state index in [1.807, 2.05) is 24.1 Å². The molecule has 0 spiro atoms. The van der Waals surface area contributed by atoms with Gasteiger partial charge in [0.25, 0.3) is 0 Å². The average Bonchev–Trinajstić information content (AvgIpc) is 2.63. The predicted molar refractivity (Wildman–Crippen MR) is 75.7 cm³/mol. The number of aromatic hydroxyl groups is 1. The quantitative estimate of drug-likeness (QED) is 0.728. The number of phenols is 1. The molecule has 20 heavy (non-hydrogen) atoms. The summed E-state index contributed by atoms with van der Waals surface area (Å²) in [4.78, 5) is 13.2. The largest absolute Gasteiger partial charge is 0.508 e. The Balaban J connectivity index is 2.00. The van der Waals surface area contributed by atoms with E-state index in [-0.39, 0.29) is 0 Å². The molecule has 3 rings (SSSR count). The van der Waals surface area contributed by atoms with Crippen LogP contribution in [0.25, 0.3) is 0 Å². The van der Waals surface area contributed by atoms with E-state index in [9.17, 15) is 15.0 Å². The monoisotopic (exact) mass is 274 g/mol. The van der Waals surface area contributed by atoms with Crippen molar-refractivity contribution in [1.82, 2.24) is 5.32 Å². The van der Waals surface area contributed by atoms with Gasteiger partial charge in [-0.2, -0.15) is 0 Å². The highest BCUT2D eigenvalue weighted by atomic mass is 16.4. The summed E-state index contributed by atoms with van der Waals surface area (Å²) < 4.78 is 0. The number of rotatable bonds is 1. The maximum absolute atomic E-state index is 11.2. The summed E-state index contributed by atoms with van der Waals surface area (Å²) in [5.41, 5.74) is 3.02. The molecule has 1 aromatic carbocycles. The van der Waals surface area contributed by atoms with Gasteiger partial charge in [-0.1, -0.05) is 6.07 Å². The Hall–Kier alpha value is -2.17. The number of phenolic OH excluding ortho intramolecular Hbond substituents is 1. The highest BCUT2D eigenvalue weighted by molar-refractivity contribution is 5.75. The zero-order chi connectivity index (χ0) is 14.3. The minimum Gasteiger partial charge on any atom is -0.508 e. The van der Waals surface area contributed by atoms with Gasteiger partial charge in [0.15, 0.2) is 0 Å². The Kier molecular flexibility index (Phi) is 3.04. The zero-order valence-corrected chi connectivity index (χ0v) is 11.4. The lowest BCUT2D eigenvalue weighted by Gasteiger charge is -2.33. The van der Waals surface area contributed by atoms with Crippen LogP contribution in [0.4, 0.5) is 5.69 Å². The molecular formula is C15H18N2O3. The number of nitrogens with zero attached hydrogens (tertiary/aromatic N) is 1. The number of hydrogen-bond donors (Lipinski definition) is 3. The number of nitrogens with one attached hydrogen (secondary N) is 1. The van der Waals surface area contributed by atoms with Gasteiger partial charge >= 0.3 is 5.97 Å². The van der Waals surface area contributed by atoms with Crippen molar-refractivity contribution < 1.29 is 15.0 Å². The molecule has 0 bridgehead atoms. The van der Waals surface area contributed by atoms with E-state index in [1.165, 1.54) is 5.57 Å². The molecule has 0 aromatic heterocycles. The van der Waals surface area contributed by atoms with Crippen LogP contribution in [-0.2, 0) is 11.2 Å². The number of fused-ring (bicyclic) bond motifs is 1. The van der Waals surface area contributed by atoms with Crippen molar-refractivity contribution in [1.29, 1.82) is 0 Å². The highest BCUT2D eigenvalue weighted by Gasteiger charge is 2.30. The smallest absolute Gasteiger partial charge is 0.326 e. The first-order chi connectivity index (χ1) is 9.58. The van der Waals surface area contributed by atoms with Crippen LogP contribution in [-0.4, -0.2) is 29.3 Å². The van der Waals surface area contributed by atoms with Crippen molar-refractivity contribution in [3.63, 3.8) is 0 Å². The molecule has 0 fully saturated rings. The second kappa shape index (κ2) is 4.74. The maximum atomic E-state index is 11.2. The minimum atomic E-state index is -0.811. The van der Waals surface area contributed by atoms with Gasteiger partial charge in [-0.05, 0) is 37.0 Å². The maximum Gasteiger partial charge on any atom is 0.326 e. The summed E-state index contributed by atoms with van der Waals surface area (Å²) in [6.45, 7) is 0. The number of anilines is 1. The molecule has 5 heteroatoms. The van der Waals surface area contributed by atoms with Crippen molar-refractivity contribution in [2.24, 2.45) is 0 Å². The first-order valence-electron chi connectivity index (χ1n) is 6.84. The van der Waals surface area contributed by atoms with Gasteiger partial charge in [-0.3, -0.25) is 0 Å². The van der Waals surface area contributed by atoms with Gasteiger partial charge in [0.2, 0.25) is 0 Å². The normalized spacial score (nSPS) is 21.6. The second-order valence-corrected chi connectivity index (χ2v) is 5.39. The Morgan fingerprint density at radius 1 is 1.45 bits per heavy atom. The number of carboxylic acid groups (broad SMARTS) is 1. The van der Waals surface area contributed by atoms with Crippen LogP contribution in [0.15, 0.2) is 29.6 Å². The van der Waals surface area contributed by atoms with Gasteiger partial charge in [0, 0.05) is 24.7 Å². The summed E-state index contributed by atoms with van der Waals surface area (Å²) in [5.74, 6) is 0.377. The molecule has 0 saturated carbocycles. The van der Waals surface area contributed by atoms with Gasteiger partial charge < -0.3 is 20.4 Å². The molecule has 0 radical (unpaired) electrons. The number of allylic oxidation sites excluding steroid dienone is 1. The van der Waals surface area contributed by atoms with Crippen molar-refractivity contribution in [2.75, 3.05) is 11.9 Å². The molecule has 0 aliphatic carbocycles. The lowest BCUT2D eigenvalue weighted by atomic mass is 9.95. The van der Waals surface area contributed by atoms with E-state index in [4.69, 9.17) is 0 Å². The summed E-state index contributed by atoms with van der Waals surface area (Å²) in [7, 11) is 1.91. The number of carbonyl (C=O) groups is 1. The fraction of sp³-hybridized carbons (Fsp3) is 0.400. The number of carboxylic acids is 1. The molecule has 1 aromatic rings. The van der Waals surface area contributed by atoms with Gasteiger partial charge in [0.05, 0.1) is 0 Å². The Morgan fingerprint density at radius 3 is 3.00 bits per heavy atom. The van der Waals surface area contributed by atoms with Crippen LogP contribution in [0, 0.1) is 0 Å². The molecule has 2 heterocycles. The third-order valence-electron chi connectivity index (χ3n) is 4.13. The van der Waals surface area contributed by atoms with Crippen LogP contribution in [0.5, 0.6) is 5.75 Å². The lowest BCUT2D eigenvalue weighted by molar-refractivity contribution is -0.139. The molecule has 2 aliphatic rings. The molecule has 0 saturated heterocycles. The summed E-state index contributed by atoms with van der Waals surface area (Å²) in [6.07, 6.45) is 3.02. The summed E-state index contributed by atoms with van der Waals surface area (Å²) in [5, 5.41) is 22.4. The second-order valence-electron chi connectivity index (χ2n) is 5.39. The van der Waals surface area contributed by atoms with E-state index >= 15 is 0 Å². The fourth-order valence-corrected chi connectivity index (χ4v) is 3.06. The van der Waals surface area contributed by atoms with Crippen LogP contribution in [0.3, 0.4) is 0 Å². The first-order valence-corrected chi connectivity index (χ1v) is 6.84. The Labute approximate surface area is 117 Å². The predicted octanol–water partition coefficient (Wildman–Crippen LogP) is 1.82. The topological polar surface area (TPSA) is 72.8 Å². The molecule has 5 nitrogen and oxygen atoms in total. The standard InChI is InChI=1S/C15H18N2O3/c1-17-12-6-3-7-13(18)10(12)8-9-4-2-5-11(15(19)20)16-14(9)17/h3,6-7,11,16,18H,2,4-5,8H2,1H3,(H,19,20). The van der Waals surface area contributed by atoms with E-state index in [2.05, 4.69) is 5.32 Å². The highest BCUT2D eigenvalue weighted by Crippen LogP contribution is 2.38. The van der Waals surface area contributed by atoms with E-state index in [0.717, 1.165) is 29.9 Å². The average molecular weight is 274 g/mol. The van der Waals surface area contributed by atoms with E-state index in [1.54, 1.807) is 6.07 Å². The SMILES string of the molecule is CN1C2=C(CCCC(C(=O)O)N2)Cc2c(O)cccc21. The van der Waals surface area contributed by atoms with E-state index in [0.29, 0.717) is 18.6 Å². The van der Waals surface area contributed by atoms with Crippen molar-refractivity contribution >= 4 is 11.7 Å². The van der Waals surface area contributed by atoms with Gasteiger partial charge in [-0.25, -0.2) is 4.79 Å². The number of aliphatic carboxylic acids is 1. The zero-order valence-electron chi connectivity index (χ0n) is 11.4. The molecule has 1 unspecified atom stereocenters. The molecule has 1 atom stereocenters. The molecular weight excluding hydrogens is 256 g/mol. The number of benzene rings is 1. The Bertz CT molecular complexity index is 595. The molecule has 0 amide bonds. The van der Waals surface area contributed by atoms with Crippen molar-refractivity contribution in [3.8, 4) is 5.75 Å². The van der Waals surface area contributed by atoms with Crippen molar-refractivity contribution in [3.05, 3.63) is 35.2 Å².